The topological polar surface area (TPSA) is 57.6 Å². The van der Waals surface area contributed by atoms with Crippen molar-refractivity contribution >= 4 is 17.6 Å². The van der Waals surface area contributed by atoms with Gasteiger partial charge in [0.15, 0.2) is 0 Å². The van der Waals surface area contributed by atoms with Crippen LogP contribution in [0, 0.1) is 5.41 Å². The number of para-hydroxylation sites is 1. The zero-order chi connectivity index (χ0) is 15.0. The van der Waals surface area contributed by atoms with Crippen molar-refractivity contribution in [3.05, 3.63) is 29.8 Å². The summed E-state index contributed by atoms with van der Waals surface area (Å²) in [6, 6.07) is 7.97. The van der Waals surface area contributed by atoms with Crippen molar-refractivity contribution in [2.75, 3.05) is 11.4 Å². The van der Waals surface area contributed by atoms with E-state index in [1.807, 2.05) is 18.2 Å². The lowest BCUT2D eigenvalue weighted by Crippen LogP contribution is -2.45. The molecule has 4 nitrogen and oxygen atoms in total. The van der Waals surface area contributed by atoms with Crippen LogP contribution in [0.25, 0.3) is 0 Å². The molecule has 1 aromatic rings. The van der Waals surface area contributed by atoms with E-state index in [2.05, 4.69) is 13.0 Å². The summed E-state index contributed by atoms with van der Waals surface area (Å²) < 4.78 is 0. The van der Waals surface area contributed by atoms with Crippen LogP contribution in [0.1, 0.15) is 50.5 Å². The van der Waals surface area contributed by atoms with Crippen molar-refractivity contribution in [3.63, 3.8) is 0 Å². The Hall–Kier alpha value is -1.84. The molecule has 1 amide bonds. The molecule has 0 spiro atoms. The molecule has 0 saturated heterocycles. The van der Waals surface area contributed by atoms with Gasteiger partial charge in [-0.3, -0.25) is 9.59 Å². The van der Waals surface area contributed by atoms with Crippen LogP contribution >= 0.6 is 0 Å². The molecule has 4 heteroatoms. The van der Waals surface area contributed by atoms with E-state index in [1.165, 1.54) is 5.56 Å². The fourth-order valence-electron chi connectivity index (χ4n) is 3.46. The van der Waals surface area contributed by atoms with Gasteiger partial charge < -0.3 is 10.0 Å². The summed E-state index contributed by atoms with van der Waals surface area (Å²) in [5.41, 5.74) is 1.34. The average molecular weight is 287 g/mol. The second-order valence-corrected chi connectivity index (χ2v) is 6.41. The molecular formula is C17H21NO3. The Morgan fingerprint density at radius 3 is 2.67 bits per heavy atom. The highest BCUT2D eigenvalue weighted by atomic mass is 16.4. The van der Waals surface area contributed by atoms with E-state index in [4.69, 9.17) is 0 Å². The van der Waals surface area contributed by atoms with Crippen LogP contribution in [-0.4, -0.2) is 23.5 Å². The molecule has 1 aromatic carbocycles. The largest absolute Gasteiger partial charge is 0.481 e. The maximum Gasteiger partial charge on any atom is 0.310 e. The second kappa shape index (κ2) is 5.17. The van der Waals surface area contributed by atoms with Crippen molar-refractivity contribution < 1.29 is 14.7 Å². The molecule has 1 unspecified atom stereocenters. The van der Waals surface area contributed by atoms with E-state index >= 15 is 0 Å². The SMILES string of the molecule is CC1CCN(C(=O)CC2(C(=O)O)CCC2)c2ccccc21. The molecule has 0 radical (unpaired) electrons. The van der Waals surface area contributed by atoms with Crippen LogP contribution in [0.5, 0.6) is 0 Å². The molecular weight excluding hydrogens is 266 g/mol. The van der Waals surface area contributed by atoms with Crippen molar-refractivity contribution in [3.8, 4) is 0 Å². The van der Waals surface area contributed by atoms with Crippen LogP contribution < -0.4 is 4.90 Å². The first-order valence-electron chi connectivity index (χ1n) is 7.66. The van der Waals surface area contributed by atoms with Gasteiger partial charge in [-0.25, -0.2) is 0 Å². The highest BCUT2D eigenvalue weighted by Gasteiger charge is 2.47. The number of fused-ring (bicyclic) bond motifs is 1. The number of hydrogen-bond donors (Lipinski definition) is 1. The molecule has 1 N–H and O–H groups in total. The van der Waals surface area contributed by atoms with Gasteiger partial charge in [-0.15, -0.1) is 0 Å². The molecule has 21 heavy (non-hydrogen) atoms. The van der Waals surface area contributed by atoms with Crippen LogP contribution in [-0.2, 0) is 9.59 Å². The van der Waals surface area contributed by atoms with E-state index in [0.717, 1.165) is 18.5 Å². The number of nitrogens with zero attached hydrogens (tertiary/aromatic N) is 1. The molecule has 3 rings (SSSR count). The minimum atomic E-state index is -0.819. The summed E-state index contributed by atoms with van der Waals surface area (Å²) in [5, 5.41) is 9.40. The number of carbonyl (C=O) groups is 2. The molecule has 1 heterocycles. The Morgan fingerprint density at radius 2 is 2.05 bits per heavy atom. The predicted octanol–water partition coefficient (Wildman–Crippen LogP) is 3.17. The molecule has 1 aliphatic heterocycles. The Morgan fingerprint density at radius 1 is 1.33 bits per heavy atom. The lowest BCUT2D eigenvalue weighted by molar-refractivity contribution is -0.157. The van der Waals surface area contributed by atoms with Gasteiger partial charge in [0.2, 0.25) is 5.91 Å². The maximum absolute atomic E-state index is 12.6. The van der Waals surface area contributed by atoms with Gasteiger partial charge >= 0.3 is 5.97 Å². The summed E-state index contributed by atoms with van der Waals surface area (Å²) in [5.74, 6) is -0.417. The smallest absolute Gasteiger partial charge is 0.310 e. The van der Waals surface area contributed by atoms with E-state index in [-0.39, 0.29) is 12.3 Å². The second-order valence-electron chi connectivity index (χ2n) is 6.41. The zero-order valence-electron chi connectivity index (χ0n) is 12.3. The van der Waals surface area contributed by atoms with E-state index in [9.17, 15) is 14.7 Å². The van der Waals surface area contributed by atoms with Crippen molar-refractivity contribution in [1.82, 2.24) is 0 Å². The Labute approximate surface area is 124 Å². The third-order valence-corrected chi connectivity index (χ3v) is 5.10. The summed E-state index contributed by atoms with van der Waals surface area (Å²) in [4.78, 5) is 25.9. The van der Waals surface area contributed by atoms with Crippen LogP contribution in [0.15, 0.2) is 24.3 Å². The number of carbonyl (C=O) groups excluding carboxylic acids is 1. The minimum absolute atomic E-state index is 0.0450. The monoisotopic (exact) mass is 287 g/mol. The Balaban J connectivity index is 1.83. The van der Waals surface area contributed by atoms with Crippen molar-refractivity contribution in [1.29, 1.82) is 0 Å². The zero-order valence-corrected chi connectivity index (χ0v) is 12.3. The van der Waals surface area contributed by atoms with Gasteiger partial charge in [-0.05, 0) is 36.8 Å². The number of amides is 1. The predicted molar refractivity (Wildman–Crippen MR) is 80.4 cm³/mol. The molecule has 0 bridgehead atoms. The van der Waals surface area contributed by atoms with Crippen molar-refractivity contribution in [2.24, 2.45) is 5.41 Å². The Bertz CT molecular complexity index is 577. The summed E-state index contributed by atoms with van der Waals surface area (Å²) in [6.07, 6.45) is 3.22. The number of carboxylic acids is 1. The van der Waals surface area contributed by atoms with Crippen LogP contribution in [0.4, 0.5) is 5.69 Å². The molecule has 1 atom stereocenters. The molecule has 2 aliphatic rings. The van der Waals surface area contributed by atoms with E-state index in [0.29, 0.717) is 25.3 Å². The van der Waals surface area contributed by atoms with Gasteiger partial charge in [0.05, 0.1) is 5.41 Å². The van der Waals surface area contributed by atoms with Gasteiger partial charge in [-0.2, -0.15) is 0 Å². The number of aliphatic carboxylic acids is 1. The molecule has 112 valence electrons. The number of anilines is 1. The number of benzene rings is 1. The average Bonchev–Trinajstić information content (AvgIpc) is 2.43. The summed E-state index contributed by atoms with van der Waals surface area (Å²) >= 11 is 0. The fourth-order valence-corrected chi connectivity index (χ4v) is 3.46. The third-order valence-electron chi connectivity index (χ3n) is 5.10. The first kappa shape index (κ1) is 14.1. The first-order chi connectivity index (χ1) is 10.0. The van der Waals surface area contributed by atoms with Gasteiger partial charge in [0, 0.05) is 18.7 Å². The number of hydrogen-bond acceptors (Lipinski definition) is 2. The molecule has 0 aromatic heterocycles. The normalized spacial score (nSPS) is 23.1. The molecule has 1 aliphatic carbocycles. The van der Waals surface area contributed by atoms with E-state index in [1.54, 1.807) is 4.90 Å². The summed E-state index contributed by atoms with van der Waals surface area (Å²) in [6.45, 7) is 2.86. The molecule has 1 saturated carbocycles. The number of rotatable bonds is 3. The lowest BCUT2D eigenvalue weighted by atomic mass is 9.66. The fraction of sp³-hybridized carbons (Fsp3) is 0.529. The first-order valence-corrected chi connectivity index (χ1v) is 7.66. The summed E-state index contributed by atoms with van der Waals surface area (Å²) in [7, 11) is 0. The highest BCUT2D eigenvalue weighted by molar-refractivity contribution is 5.97. The van der Waals surface area contributed by atoms with Gasteiger partial charge in [0.25, 0.3) is 0 Å². The minimum Gasteiger partial charge on any atom is -0.481 e. The standard InChI is InChI=1S/C17H21NO3/c1-12-7-10-18(14-6-3-2-5-13(12)14)15(19)11-17(16(20)21)8-4-9-17/h2-3,5-6,12H,4,7-11H2,1H3,(H,20,21). The van der Waals surface area contributed by atoms with E-state index < -0.39 is 11.4 Å². The lowest BCUT2D eigenvalue weighted by Gasteiger charge is -2.40. The van der Waals surface area contributed by atoms with Gasteiger partial charge in [-0.1, -0.05) is 31.5 Å². The maximum atomic E-state index is 12.6. The van der Waals surface area contributed by atoms with Gasteiger partial charge in [0.1, 0.15) is 0 Å². The Kier molecular flexibility index (Phi) is 3.47. The third kappa shape index (κ3) is 2.33. The molecule has 1 fully saturated rings. The van der Waals surface area contributed by atoms with Crippen molar-refractivity contribution in [2.45, 2.75) is 44.9 Å². The quantitative estimate of drug-likeness (QED) is 0.929. The van der Waals surface area contributed by atoms with Crippen LogP contribution in [0.2, 0.25) is 0 Å². The highest BCUT2D eigenvalue weighted by Crippen LogP contribution is 2.45. The van der Waals surface area contributed by atoms with Crippen LogP contribution in [0.3, 0.4) is 0 Å². The number of carboxylic acid groups (broad SMARTS) is 1.